The third-order valence-corrected chi connectivity index (χ3v) is 3.61. The van der Waals surface area contributed by atoms with E-state index in [1.807, 2.05) is 29.1 Å². The summed E-state index contributed by atoms with van der Waals surface area (Å²) in [6, 6.07) is 3.74. The number of nitrogens with zero attached hydrogens (tertiary/aromatic N) is 2. The number of carboxylic acids is 1. The molecule has 1 amide bonds. The number of hydrogen-bond donors (Lipinski definition) is 1. The first-order valence-electron chi connectivity index (χ1n) is 6.79. The van der Waals surface area contributed by atoms with Crippen LogP contribution in [0.1, 0.15) is 32.1 Å². The molecule has 0 aliphatic carbocycles. The van der Waals surface area contributed by atoms with Crippen molar-refractivity contribution in [3.8, 4) is 0 Å². The lowest BCUT2D eigenvalue weighted by atomic mass is 9.99. The van der Waals surface area contributed by atoms with Gasteiger partial charge in [-0.2, -0.15) is 0 Å². The molecule has 1 aliphatic heterocycles. The summed E-state index contributed by atoms with van der Waals surface area (Å²) in [5.41, 5.74) is 0. The fourth-order valence-corrected chi connectivity index (χ4v) is 2.63. The molecule has 0 radical (unpaired) electrons. The van der Waals surface area contributed by atoms with E-state index in [4.69, 9.17) is 5.11 Å². The van der Waals surface area contributed by atoms with Crippen LogP contribution in [-0.2, 0) is 16.1 Å². The Hall–Kier alpha value is -1.78. The quantitative estimate of drug-likeness (QED) is 0.881. The van der Waals surface area contributed by atoms with Gasteiger partial charge in [0.2, 0.25) is 5.91 Å². The average molecular weight is 264 g/mol. The Bertz CT molecular complexity index is 428. The van der Waals surface area contributed by atoms with Gasteiger partial charge in [0, 0.05) is 37.9 Å². The molecule has 0 bridgehead atoms. The van der Waals surface area contributed by atoms with Gasteiger partial charge in [0.1, 0.15) is 0 Å². The van der Waals surface area contributed by atoms with E-state index in [0.29, 0.717) is 19.5 Å². The fraction of sp³-hybridized carbons (Fsp3) is 0.571. The zero-order valence-corrected chi connectivity index (χ0v) is 11.0. The molecular weight excluding hydrogens is 244 g/mol. The monoisotopic (exact) mass is 264 g/mol. The summed E-state index contributed by atoms with van der Waals surface area (Å²) in [5.74, 6) is -0.755. The molecular formula is C14H20N2O3. The van der Waals surface area contributed by atoms with Crippen LogP contribution in [0.3, 0.4) is 0 Å². The molecule has 1 unspecified atom stereocenters. The Labute approximate surface area is 112 Å². The summed E-state index contributed by atoms with van der Waals surface area (Å²) in [5, 5.41) is 8.90. The highest BCUT2D eigenvalue weighted by molar-refractivity contribution is 5.77. The Morgan fingerprint density at radius 1 is 1.21 bits per heavy atom. The molecule has 5 heteroatoms. The number of aromatic nitrogens is 1. The van der Waals surface area contributed by atoms with E-state index in [-0.39, 0.29) is 18.4 Å². The van der Waals surface area contributed by atoms with Crippen LogP contribution in [0.5, 0.6) is 0 Å². The van der Waals surface area contributed by atoms with Crippen LogP contribution in [0.2, 0.25) is 0 Å². The van der Waals surface area contributed by atoms with Gasteiger partial charge in [0.25, 0.3) is 0 Å². The predicted molar refractivity (Wildman–Crippen MR) is 70.7 cm³/mol. The van der Waals surface area contributed by atoms with Gasteiger partial charge in [-0.25, -0.2) is 0 Å². The zero-order valence-electron chi connectivity index (χ0n) is 11.0. The summed E-state index contributed by atoms with van der Waals surface area (Å²) < 4.78 is 1.97. The van der Waals surface area contributed by atoms with Crippen LogP contribution in [0.4, 0.5) is 0 Å². The molecule has 1 aliphatic rings. The van der Waals surface area contributed by atoms with Gasteiger partial charge in [-0.05, 0) is 31.4 Å². The maximum Gasteiger partial charge on any atom is 0.305 e. The Morgan fingerprint density at radius 2 is 1.95 bits per heavy atom. The number of hydrogen-bond acceptors (Lipinski definition) is 2. The molecule has 1 aromatic rings. The van der Waals surface area contributed by atoms with Gasteiger partial charge in [-0.3, -0.25) is 9.59 Å². The Balaban J connectivity index is 1.89. The van der Waals surface area contributed by atoms with Gasteiger partial charge in [-0.15, -0.1) is 0 Å². The highest BCUT2D eigenvalue weighted by atomic mass is 16.4. The van der Waals surface area contributed by atoms with Crippen molar-refractivity contribution in [3.63, 3.8) is 0 Å². The summed E-state index contributed by atoms with van der Waals surface area (Å²) in [6.07, 6.45) is 7.16. The minimum atomic E-state index is -0.824. The molecule has 1 saturated heterocycles. The summed E-state index contributed by atoms with van der Waals surface area (Å²) in [6.45, 7) is 1.35. The number of carbonyl (C=O) groups excluding carboxylic acids is 1. The highest BCUT2D eigenvalue weighted by Gasteiger charge is 2.27. The highest BCUT2D eigenvalue weighted by Crippen LogP contribution is 2.20. The van der Waals surface area contributed by atoms with Gasteiger partial charge >= 0.3 is 5.97 Å². The summed E-state index contributed by atoms with van der Waals surface area (Å²) in [4.78, 5) is 24.8. The van der Waals surface area contributed by atoms with E-state index in [1.54, 1.807) is 4.90 Å². The van der Waals surface area contributed by atoms with Crippen LogP contribution in [0.25, 0.3) is 0 Å². The fourth-order valence-electron chi connectivity index (χ4n) is 2.63. The zero-order chi connectivity index (χ0) is 13.7. The molecule has 1 N–H and O–H groups in total. The molecule has 5 nitrogen and oxygen atoms in total. The second-order valence-corrected chi connectivity index (χ2v) is 5.01. The van der Waals surface area contributed by atoms with Crippen LogP contribution in [0, 0.1) is 0 Å². The standard InChI is InChI=1S/C14H20N2O3/c17-13(6-10-15-7-3-4-8-15)16-9-2-1-5-12(16)11-14(18)19/h3-4,7-8,12H,1-2,5-6,9-11H2,(H,18,19). The number of amides is 1. The molecule has 19 heavy (non-hydrogen) atoms. The van der Waals surface area contributed by atoms with E-state index in [2.05, 4.69) is 0 Å². The molecule has 1 fully saturated rings. The third kappa shape index (κ3) is 3.84. The molecule has 0 saturated carbocycles. The number of aryl methyl sites for hydroxylation is 1. The minimum absolute atomic E-state index is 0.0647. The van der Waals surface area contributed by atoms with E-state index in [1.165, 1.54) is 0 Å². The topological polar surface area (TPSA) is 62.5 Å². The first-order chi connectivity index (χ1) is 9.16. The number of likely N-dealkylation sites (tertiary alicyclic amines) is 1. The largest absolute Gasteiger partial charge is 0.481 e. The van der Waals surface area contributed by atoms with Gasteiger partial charge in [-0.1, -0.05) is 0 Å². The first kappa shape index (κ1) is 13.6. The lowest BCUT2D eigenvalue weighted by molar-refractivity contribution is -0.142. The second kappa shape index (κ2) is 6.41. The predicted octanol–water partition coefficient (Wildman–Crippen LogP) is 1.73. The molecule has 0 aromatic carbocycles. The molecule has 1 aromatic heterocycles. The first-order valence-corrected chi connectivity index (χ1v) is 6.79. The maximum atomic E-state index is 12.2. The Morgan fingerprint density at radius 3 is 2.63 bits per heavy atom. The van der Waals surface area contributed by atoms with Crippen molar-refractivity contribution in [3.05, 3.63) is 24.5 Å². The van der Waals surface area contributed by atoms with Crippen molar-refractivity contribution in [1.29, 1.82) is 0 Å². The Kier molecular flexibility index (Phi) is 4.60. The molecule has 2 rings (SSSR count). The molecule has 2 heterocycles. The smallest absolute Gasteiger partial charge is 0.305 e. The van der Waals surface area contributed by atoms with Crippen LogP contribution < -0.4 is 0 Å². The van der Waals surface area contributed by atoms with E-state index in [9.17, 15) is 9.59 Å². The SMILES string of the molecule is O=C(O)CC1CCCCN1C(=O)CCn1cccc1. The number of piperidine rings is 1. The summed E-state index contributed by atoms with van der Waals surface area (Å²) in [7, 11) is 0. The second-order valence-electron chi connectivity index (χ2n) is 5.01. The van der Waals surface area contributed by atoms with Gasteiger partial charge in [0.15, 0.2) is 0 Å². The van der Waals surface area contributed by atoms with Crippen molar-refractivity contribution in [2.24, 2.45) is 0 Å². The summed E-state index contributed by atoms with van der Waals surface area (Å²) >= 11 is 0. The number of rotatable bonds is 5. The average Bonchev–Trinajstić information content (AvgIpc) is 2.89. The number of carbonyl (C=O) groups is 2. The third-order valence-electron chi connectivity index (χ3n) is 3.61. The maximum absolute atomic E-state index is 12.2. The molecule has 0 spiro atoms. The van der Waals surface area contributed by atoms with Crippen LogP contribution >= 0.6 is 0 Å². The van der Waals surface area contributed by atoms with Crippen molar-refractivity contribution < 1.29 is 14.7 Å². The number of aliphatic carboxylic acids is 1. The lowest BCUT2D eigenvalue weighted by Crippen LogP contribution is -2.45. The van der Waals surface area contributed by atoms with E-state index < -0.39 is 5.97 Å². The van der Waals surface area contributed by atoms with Gasteiger partial charge in [0.05, 0.1) is 6.42 Å². The number of carboxylic acid groups (broad SMARTS) is 1. The van der Waals surface area contributed by atoms with Crippen molar-refractivity contribution in [2.45, 2.75) is 44.7 Å². The van der Waals surface area contributed by atoms with Crippen LogP contribution in [0.15, 0.2) is 24.5 Å². The minimum Gasteiger partial charge on any atom is -0.481 e. The van der Waals surface area contributed by atoms with E-state index in [0.717, 1.165) is 19.3 Å². The molecule has 1 atom stereocenters. The van der Waals surface area contributed by atoms with Crippen molar-refractivity contribution in [2.75, 3.05) is 6.54 Å². The lowest BCUT2D eigenvalue weighted by Gasteiger charge is -2.35. The normalized spacial score (nSPS) is 19.4. The van der Waals surface area contributed by atoms with Crippen molar-refractivity contribution in [1.82, 2.24) is 9.47 Å². The van der Waals surface area contributed by atoms with Crippen LogP contribution in [-0.4, -0.2) is 39.0 Å². The van der Waals surface area contributed by atoms with Crippen molar-refractivity contribution >= 4 is 11.9 Å². The molecule has 104 valence electrons. The van der Waals surface area contributed by atoms with Gasteiger partial charge < -0.3 is 14.6 Å². The van der Waals surface area contributed by atoms with E-state index >= 15 is 0 Å².